The van der Waals surface area contributed by atoms with Gasteiger partial charge < -0.3 is 14.3 Å². The van der Waals surface area contributed by atoms with E-state index in [2.05, 4.69) is 0 Å². The van der Waals surface area contributed by atoms with Gasteiger partial charge in [-0.1, -0.05) is 6.92 Å². The van der Waals surface area contributed by atoms with E-state index in [4.69, 9.17) is 9.47 Å². The summed E-state index contributed by atoms with van der Waals surface area (Å²) in [5.41, 5.74) is 1.55. The lowest BCUT2D eigenvalue weighted by atomic mass is 9.93. The Kier molecular flexibility index (Phi) is 4.12. The van der Waals surface area contributed by atoms with E-state index < -0.39 is 0 Å². The van der Waals surface area contributed by atoms with Gasteiger partial charge in [0.05, 0.1) is 12.7 Å². The van der Waals surface area contributed by atoms with E-state index in [0.717, 1.165) is 17.7 Å². The number of benzene rings is 1. The van der Waals surface area contributed by atoms with Crippen LogP contribution in [0.3, 0.4) is 0 Å². The second-order valence-corrected chi connectivity index (χ2v) is 5.46. The summed E-state index contributed by atoms with van der Waals surface area (Å²) in [6, 6.07) is 3.61. The minimum absolute atomic E-state index is 0.0100. The van der Waals surface area contributed by atoms with Crippen LogP contribution in [0, 0.1) is 5.92 Å². The van der Waals surface area contributed by atoms with E-state index in [9.17, 15) is 9.59 Å². The van der Waals surface area contributed by atoms with E-state index in [1.165, 1.54) is 6.92 Å². The first-order valence-electron chi connectivity index (χ1n) is 6.83. The molecule has 0 saturated heterocycles. The lowest BCUT2D eigenvalue weighted by molar-refractivity contribution is -0.117. The van der Waals surface area contributed by atoms with Gasteiger partial charge in [0.2, 0.25) is 0 Å². The fourth-order valence-corrected chi connectivity index (χ4v) is 2.59. The molecule has 0 spiro atoms. The molecule has 0 fully saturated rings. The Bertz CT molecular complexity index is 548. The lowest BCUT2D eigenvalue weighted by Gasteiger charge is -2.13. The van der Waals surface area contributed by atoms with Gasteiger partial charge in [0, 0.05) is 24.3 Å². The fraction of sp³-hybridized carbons (Fsp3) is 0.500. The molecule has 1 heterocycles. The molecule has 1 aliphatic heterocycles. The molecule has 20 heavy (non-hydrogen) atoms. The predicted molar refractivity (Wildman–Crippen MR) is 75.6 cm³/mol. The zero-order chi connectivity index (χ0) is 14.9. The van der Waals surface area contributed by atoms with Gasteiger partial charge >= 0.3 is 0 Å². The van der Waals surface area contributed by atoms with Crippen LogP contribution in [0.2, 0.25) is 0 Å². The molecule has 2 atom stereocenters. The van der Waals surface area contributed by atoms with Crippen molar-refractivity contribution in [1.29, 1.82) is 0 Å². The molecule has 1 aliphatic rings. The van der Waals surface area contributed by atoms with E-state index in [1.807, 2.05) is 13.0 Å². The molecule has 4 nitrogen and oxygen atoms in total. The Morgan fingerprint density at radius 3 is 2.75 bits per heavy atom. The number of carbonyl (C=O) groups excluding carboxylic acids is 2. The average molecular weight is 276 g/mol. The van der Waals surface area contributed by atoms with E-state index >= 15 is 0 Å². The van der Waals surface area contributed by atoms with Crippen LogP contribution in [0.25, 0.3) is 0 Å². The van der Waals surface area contributed by atoms with Crippen molar-refractivity contribution in [3.63, 3.8) is 0 Å². The Balaban J connectivity index is 2.34. The smallest absolute Gasteiger partial charge is 0.169 e. The second kappa shape index (κ2) is 5.65. The molecule has 108 valence electrons. The standard InChI is InChI=1S/C16H20O4/c1-9(5-10(2)17)16(18)13-8-14-12(6-11(3)20-14)7-15(13)19-4/h7-9,11H,5-6H2,1-4H3. The molecule has 1 aromatic rings. The van der Waals surface area contributed by atoms with E-state index in [-0.39, 0.29) is 30.0 Å². The van der Waals surface area contributed by atoms with Crippen LogP contribution in [0.5, 0.6) is 11.5 Å². The summed E-state index contributed by atoms with van der Waals surface area (Å²) < 4.78 is 11.0. The Labute approximate surface area is 119 Å². The lowest BCUT2D eigenvalue weighted by Crippen LogP contribution is -2.15. The van der Waals surface area contributed by atoms with Crippen molar-refractivity contribution in [1.82, 2.24) is 0 Å². The Hall–Kier alpha value is -1.84. The van der Waals surface area contributed by atoms with Crippen LogP contribution in [-0.4, -0.2) is 24.8 Å². The molecule has 0 radical (unpaired) electrons. The predicted octanol–water partition coefficient (Wildman–Crippen LogP) is 2.82. The van der Waals surface area contributed by atoms with Crippen LogP contribution in [0.1, 0.15) is 43.1 Å². The minimum Gasteiger partial charge on any atom is -0.496 e. The number of hydrogen-bond acceptors (Lipinski definition) is 4. The highest BCUT2D eigenvalue weighted by atomic mass is 16.5. The number of Topliss-reactive ketones (excluding diaryl/α,β-unsaturated/α-hetero) is 2. The van der Waals surface area contributed by atoms with E-state index in [0.29, 0.717) is 11.3 Å². The number of rotatable bonds is 5. The van der Waals surface area contributed by atoms with Gasteiger partial charge in [-0.25, -0.2) is 0 Å². The highest BCUT2D eigenvalue weighted by Gasteiger charge is 2.26. The molecular formula is C16H20O4. The Morgan fingerprint density at radius 1 is 1.45 bits per heavy atom. The van der Waals surface area contributed by atoms with Crippen molar-refractivity contribution in [2.75, 3.05) is 7.11 Å². The maximum absolute atomic E-state index is 12.5. The molecule has 4 heteroatoms. The molecule has 2 unspecified atom stereocenters. The normalized spacial score (nSPS) is 18.1. The fourth-order valence-electron chi connectivity index (χ4n) is 2.59. The van der Waals surface area contributed by atoms with Gasteiger partial charge in [0.15, 0.2) is 5.78 Å². The monoisotopic (exact) mass is 276 g/mol. The summed E-state index contributed by atoms with van der Waals surface area (Å²) >= 11 is 0. The van der Waals surface area contributed by atoms with Crippen LogP contribution in [0.15, 0.2) is 12.1 Å². The van der Waals surface area contributed by atoms with Crippen LogP contribution >= 0.6 is 0 Å². The first-order valence-corrected chi connectivity index (χ1v) is 6.83. The third-order valence-corrected chi connectivity index (χ3v) is 3.52. The summed E-state index contributed by atoms with van der Waals surface area (Å²) in [5, 5.41) is 0. The average Bonchev–Trinajstić information content (AvgIpc) is 2.74. The van der Waals surface area contributed by atoms with Gasteiger partial charge in [-0.2, -0.15) is 0 Å². The van der Waals surface area contributed by atoms with Gasteiger partial charge in [-0.15, -0.1) is 0 Å². The van der Waals surface area contributed by atoms with Crippen molar-refractivity contribution < 1.29 is 19.1 Å². The van der Waals surface area contributed by atoms with Crippen molar-refractivity contribution in [2.24, 2.45) is 5.92 Å². The highest BCUT2D eigenvalue weighted by Crippen LogP contribution is 2.36. The zero-order valence-corrected chi connectivity index (χ0v) is 12.4. The van der Waals surface area contributed by atoms with Crippen molar-refractivity contribution in [3.8, 4) is 11.5 Å². The molecular weight excluding hydrogens is 256 g/mol. The number of ketones is 2. The number of hydrogen-bond donors (Lipinski definition) is 0. The molecule has 0 aromatic heterocycles. The summed E-state index contributed by atoms with van der Waals surface area (Å²) in [6.07, 6.45) is 1.19. The van der Waals surface area contributed by atoms with Crippen molar-refractivity contribution >= 4 is 11.6 Å². The van der Waals surface area contributed by atoms with Crippen molar-refractivity contribution in [2.45, 2.75) is 39.7 Å². The molecule has 1 aromatic carbocycles. The largest absolute Gasteiger partial charge is 0.496 e. The first kappa shape index (κ1) is 14.6. The summed E-state index contributed by atoms with van der Waals surface area (Å²) in [6.45, 7) is 5.25. The Morgan fingerprint density at radius 2 is 2.15 bits per heavy atom. The second-order valence-electron chi connectivity index (χ2n) is 5.46. The van der Waals surface area contributed by atoms with Crippen molar-refractivity contribution in [3.05, 3.63) is 23.3 Å². The van der Waals surface area contributed by atoms with Gasteiger partial charge in [-0.05, 0) is 26.0 Å². The quantitative estimate of drug-likeness (QED) is 0.776. The number of ether oxygens (including phenoxy) is 2. The van der Waals surface area contributed by atoms with Crippen LogP contribution < -0.4 is 9.47 Å². The molecule has 0 saturated carbocycles. The third kappa shape index (κ3) is 2.84. The number of methoxy groups -OCH3 is 1. The maximum atomic E-state index is 12.5. The van der Waals surface area contributed by atoms with E-state index in [1.54, 1.807) is 20.1 Å². The van der Waals surface area contributed by atoms with Crippen LogP contribution in [-0.2, 0) is 11.2 Å². The minimum atomic E-state index is -0.349. The number of fused-ring (bicyclic) bond motifs is 1. The molecule has 0 bridgehead atoms. The SMILES string of the molecule is COc1cc2c(cc1C(=O)C(C)CC(C)=O)OC(C)C2. The highest BCUT2D eigenvalue weighted by molar-refractivity contribution is 6.02. The van der Waals surface area contributed by atoms with Gasteiger partial charge in [0.1, 0.15) is 23.4 Å². The summed E-state index contributed by atoms with van der Waals surface area (Å²) in [7, 11) is 1.55. The molecule has 0 N–H and O–H groups in total. The molecule has 0 aliphatic carbocycles. The topological polar surface area (TPSA) is 52.6 Å². The van der Waals surface area contributed by atoms with Gasteiger partial charge in [-0.3, -0.25) is 4.79 Å². The zero-order valence-electron chi connectivity index (χ0n) is 12.4. The summed E-state index contributed by atoms with van der Waals surface area (Å²) in [5.74, 6) is 0.885. The number of carbonyl (C=O) groups is 2. The maximum Gasteiger partial charge on any atom is 0.169 e. The summed E-state index contributed by atoms with van der Waals surface area (Å²) in [4.78, 5) is 23.6. The van der Waals surface area contributed by atoms with Gasteiger partial charge in [0.25, 0.3) is 0 Å². The molecule has 0 amide bonds. The van der Waals surface area contributed by atoms with Crippen LogP contribution in [0.4, 0.5) is 0 Å². The molecule has 2 rings (SSSR count). The third-order valence-electron chi connectivity index (χ3n) is 3.52. The first-order chi connectivity index (χ1) is 9.42.